The molecular weight excluding hydrogens is 512 g/mol. The molecule has 0 aliphatic carbocycles. The average Bonchev–Trinajstić information content (AvgIpc) is 3.13. The molecule has 0 atom stereocenters. The van der Waals surface area contributed by atoms with E-state index in [0.29, 0.717) is 38.9 Å². The van der Waals surface area contributed by atoms with Crippen molar-refractivity contribution in [3.8, 4) is 11.5 Å². The molecule has 1 aliphatic rings. The van der Waals surface area contributed by atoms with Crippen LogP contribution >= 0.6 is 39.3 Å². The van der Waals surface area contributed by atoms with Gasteiger partial charge in [-0.3, -0.25) is 4.79 Å². The zero-order valence-electron chi connectivity index (χ0n) is 17.0. The summed E-state index contributed by atoms with van der Waals surface area (Å²) in [6.07, 6.45) is 1.80. The first-order valence-electron chi connectivity index (χ1n) is 9.61. The molecular formula is C24H18BrClN2O3S. The predicted octanol–water partition coefficient (Wildman–Crippen LogP) is 6.58. The molecule has 1 heterocycles. The van der Waals surface area contributed by atoms with E-state index in [9.17, 15) is 4.79 Å². The Morgan fingerprint density at radius 3 is 2.66 bits per heavy atom. The van der Waals surface area contributed by atoms with Crippen molar-refractivity contribution in [2.75, 3.05) is 7.11 Å². The fourth-order valence-electron chi connectivity index (χ4n) is 2.95. The van der Waals surface area contributed by atoms with Crippen molar-refractivity contribution < 1.29 is 14.3 Å². The van der Waals surface area contributed by atoms with E-state index in [4.69, 9.17) is 21.1 Å². The third kappa shape index (κ3) is 5.54. The smallest absolute Gasteiger partial charge is 0.264 e. The number of amidine groups is 1. The number of halogens is 2. The Labute approximate surface area is 203 Å². The van der Waals surface area contributed by atoms with Gasteiger partial charge in [0, 0.05) is 15.1 Å². The summed E-state index contributed by atoms with van der Waals surface area (Å²) >= 11 is 10.8. The van der Waals surface area contributed by atoms with Gasteiger partial charge in [-0.2, -0.15) is 0 Å². The molecule has 8 heteroatoms. The molecule has 3 aromatic rings. The van der Waals surface area contributed by atoms with Gasteiger partial charge < -0.3 is 14.8 Å². The van der Waals surface area contributed by atoms with E-state index in [-0.39, 0.29) is 5.91 Å². The van der Waals surface area contributed by atoms with Gasteiger partial charge in [0.25, 0.3) is 5.91 Å². The Morgan fingerprint density at radius 2 is 1.88 bits per heavy atom. The van der Waals surface area contributed by atoms with E-state index in [0.717, 1.165) is 15.6 Å². The molecule has 1 N–H and O–H groups in total. The van der Waals surface area contributed by atoms with E-state index in [1.807, 2.05) is 48.5 Å². The number of hydrogen-bond acceptors (Lipinski definition) is 5. The first-order valence-corrected chi connectivity index (χ1v) is 11.6. The number of carbonyl (C=O) groups excluding carboxylic acids is 1. The lowest BCUT2D eigenvalue weighted by Gasteiger charge is -2.09. The quantitative estimate of drug-likeness (QED) is 0.366. The van der Waals surface area contributed by atoms with Gasteiger partial charge in [-0.1, -0.05) is 57.9 Å². The topological polar surface area (TPSA) is 59.9 Å². The zero-order valence-corrected chi connectivity index (χ0v) is 20.1. The molecule has 32 heavy (non-hydrogen) atoms. The average molecular weight is 530 g/mol. The van der Waals surface area contributed by atoms with Crippen molar-refractivity contribution in [2.24, 2.45) is 4.99 Å². The SMILES string of the molecule is COc1ccc(Cl)cc1N=C1NC(=O)/C(=C/c2ccccc2OCc2ccc(Br)cc2)S1. The number of thioether (sulfide) groups is 1. The molecule has 0 radical (unpaired) electrons. The predicted molar refractivity (Wildman–Crippen MR) is 134 cm³/mol. The number of nitrogens with zero attached hydrogens (tertiary/aromatic N) is 1. The number of nitrogens with one attached hydrogen (secondary N) is 1. The lowest BCUT2D eigenvalue weighted by Crippen LogP contribution is -2.19. The van der Waals surface area contributed by atoms with Gasteiger partial charge in [-0.05, 0) is 59.8 Å². The number of carbonyl (C=O) groups is 1. The van der Waals surface area contributed by atoms with E-state index in [1.165, 1.54) is 11.8 Å². The largest absolute Gasteiger partial charge is 0.494 e. The van der Waals surface area contributed by atoms with Gasteiger partial charge in [-0.15, -0.1) is 0 Å². The number of methoxy groups -OCH3 is 1. The van der Waals surface area contributed by atoms with Gasteiger partial charge in [-0.25, -0.2) is 4.99 Å². The van der Waals surface area contributed by atoms with Crippen LogP contribution in [-0.4, -0.2) is 18.2 Å². The molecule has 1 aliphatic heterocycles. The molecule has 5 nitrogen and oxygen atoms in total. The monoisotopic (exact) mass is 528 g/mol. The summed E-state index contributed by atoms with van der Waals surface area (Å²) in [6, 6.07) is 20.7. The number of aliphatic imine (C=N–C) groups is 1. The summed E-state index contributed by atoms with van der Waals surface area (Å²) in [7, 11) is 1.56. The van der Waals surface area contributed by atoms with Crippen molar-refractivity contribution in [1.29, 1.82) is 0 Å². The Kier molecular flexibility index (Phi) is 7.19. The summed E-state index contributed by atoms with van der Waals surface area (Å²) in [5.41, 5.74) is 2.40. The molecule has 0 spiro atoms. The van der Waals surface area contributed by atoms with Crippen molar-refractivity contribution >= 4 is 62.1 Å². The minimum Gasteiger partial charge on any atom is -0.494 e. The maximum absolute atomic E-state index is 12.5. The number of para-hydroxylation sites is 1. The third-order valence-corrected chi connectivity index (χ3v) is 6.20. The number of hydrogen-bond donors (Lipinski definition) is 1. The number of rotatable bonds is 6. The van der Waals surface area contributed by atoms with Crippen LogP contribution in [0.4, 0.5) is 5.69 Å². The standard InChI is InChI=1S/C24H18BrClN2O3S/c1-30-21-11-10-18(26)13-19(21)27-24-28-23(29)22(32-24)12-16-4-2-3-5-20(16)31-14-15-6-8-17(25)9-7-15/h2-13H,14H2,1H3,(H,27,28,29)/b22-12-. The molecule has 0 unspecified atom stereocenters. The van der Waals surface area contributed by atoms with Crippen LogP contribution in [0.5, 0.6) is 11.5 Å². The second-order valence-electron chi connectivity index (χ2n) is 6.75. The molecule has 1 fully saturated rings. The first-order chi connectivity index (χ1) is 15.5. The van der Waals surface area contributed by atoms with Gasteiger partial charge in [0.05, 0.1) is 12.0 Å². The molecule has 1 amide bonds. The minimum atomic E-state index is -0.225. The summed E-state index contributed by atoms with van der Waals surface area (Å²) in [5.74, 6) is 1.04. The number of ether oxygens (including phenoxy) is 2. The summed E-state index contributed by atoms with van der Waals surface area (Å²) in [4.78, 5) is 17.6. The van der Waals surface area contributed by atoms with Crippen LogP contribution in [0, 0.1) is 0 Å². The summed E-state index contributed by atoms with van der Waals surface area (Å²) in [5, 5.41) is 3.78. The van der Waals surface area contributed by atoms with Gasteiger partial charge in [0.15, 0.2) is 5.17 Å². The van der Waals surface area contributed by atoms with Crippen molar-refractivity contribution in [3.05, 3.63) is 92.3 Å². The van der Waals surface area contributed by atoms with Crippen molar-refractivity contribution in [3.63, 3.8) is 0 Å². The highest BCUT2D eigenvalue weighted by atomic mass is 79.9. The van der Waals surface area contributed by atoms with E-state index < -0.39 is 0 Å². The Balaban J connectivity index is 1.54. The molecule has 0 saturated carbocycles. The first kappa shape index (κ1) is 22.5. The van der Waals surface area contributed by atoms with Gasteiger partial charge >= 0.3 is 0 Å². The molecule has 0 bridgehead atoms. The molecule has 1 saturated heterocycles. The van der Waals surface area contributed by atoms with Crippen LogP contribution in [0.2, 0.25) is 5.02 Å². The van der Waals surface area contributed by atoms with Crippen LogP contribution in [-0.2, 0) is 11.4 Å². The van der Waals surface area contributed by atoms with Crippen LogP contribution in [0.25, 0.3) is 6.08 Å². The van der Waals surface area contributed by atoms with Crippen molar-refractivity contribution in [2.45, 2.75) is 6.61 Å². The minimum absolute atomic E-state index is 0.225. The molecule has 162 valence electrons. The fraction of sp³-hybridized carbons (Fsp3) is 0.0833. The Bertz CT molecular complexity index is 1210. The summed E-state index contributed by atoms with van der Waals surface area (Å²) < 4.78 is 12.4. The van der Waals surface area contributed by atoms with Crippen LogP contribution in [0.1, 0.15) is 11.1 Å². The second-order valence-corrected chi connectivity index (χ2v) is 9.13. The lowest BCUT2D eigenvalue weighted by atomic mass is 10.2. The molecule has 3 aromatic carbocycles. The van der Waals surface area contributed by atoms with E-state index in [1.54, 1.807) is 31.4 Å². The maximum atomic E-state index is 12.5. The second kappa shape index (κ2) is 10.3. The van der Waals surface area contributed by atoms with Gasteiger partial charge in [0.1, 0.15) is 23.8 Å². The highest BCUT2D eigenvalue weighted by Gasteiger charge is 2.24. The highest BCUT2D eigenvalue weighted by molar-refractivity contribution is 9.10. The Hall–Kier alpha value is -2.74. The Morgan fingerprint density at radius 1 is 1.09 bits per heavy atom. The third-order valence-electron chi connectivity index (χ3n) is 4.53. The van der Waals surface area contributed by atoms with Crippen molar-refractivity contribution in [1.82, 2.24) is 5.32 Å². The molecule has 0 aromatic heterocycles. The fourth-order valence-corrected chi connectivity index (χ4v) is 4.21. The van der Waals surface area contributed by atoms with Crippen LogP contribution in [0.15, 0.2) is 81.1 Å². The number of amides is 1. The maximum Gasteiger partial charge on any atom is 0.264 e. The normalized spacial score (nSPS) is 15.8. The zero-order chi connectivity index (χ0) is 22.5. The van der Waals surface area contributed by atoms with E-state index >= 15 is 0 Å². The summed E-state index contributed by atoms with van der Waals surface area (Å²) in [6.45, 7) is 0.425. The van der Waals surface area contributed by atoms with Crippen LogP contribution in [0.3, 0.4) is 0 Å². The number of benzene rings is 3. The molecule has 4 rings (SSSR count). The lowest BCUT2D eigenvalue weighted by molar-refractivity contribution is -0.115. The van der Waals surface area contributed by atoms with Gasteiger partial charge in [0.2, 0.25) is 0 Å². The van der Waals surface area contributed by atoms with Crippen LogP contribution < -0.4 is 14.8 Å². The highest BCUT2D eigenvalue weighted by Crippen LogP contribution is 2.35. The van der Waals surface area contributed by atoms with E-state index in [2.05, 4.69) is 26.2 Å².